The first kappa shape index (κ1) is 57.7. The van der Waals surface area contributed by atoms with Gasteiger partial charge in [0.15, 0.2) is 13.1 Å². The van der Waals surface area contributed by atoms with Gasteiger partial charge in [0.2, 0.25) is 0 Å². The summed E-state index contributed by atoms with van der Waals surface area (Å²) in [5.41, 5.74) is -0.481. The summed E-state index contributed by atoms with van der Waals surface area (Å²) in [5, 5.41) is 0. The summed E-state index contributed by atoms with van der Waals surface area (Å²) in [5.74, 6) is -0.385. The number of quaternary nitrogens is 2. The van der Waals surface area contributed by atoms with Crippen molar-refractivity contribution in [3.8, 4) is 0 Å². The van der Waals surface area contributed by atoms with E-state index in [1.807, 2.05) is 42.0 Å². The summed E-state index contributed by atoms with van der Waals surface area (Å²) in [6.07, 6.45) is 31.5. The third kappa shape index (κ3) is 38.1. The van der Waals surface area contributed by atoms with Crippen LogP contribution in [0.3, 0.4) is 0 Å². The van der Waals surface area contributed by atoms with Gasteiger partial charge in [0.25, 0.3) is 0 Å². The van der Waals surface area contributed by atoms with Crippen molar-refractivity contribution in [3.05, 3.63) is 0 Å². The number of rotatable bonds is 46. The number of ether oxygens (including phenoxy) is 6. The predicted octanol–water partition coefficient (Wildman–Crippen LogP) is 10.7. The maximum absolute atomic E-state index is 12.2. The van der Waals surface area contributed by atoms with Gasteiger partial charge in [0, 0.05) is 13.2 Å². The van der Waals surface area contributed by atoms with Crippen molar-refractivity contribution in [2.45, 2.75) is 182 Å². The fourth-order valence-corrected chi connectivity index (χ4v) is 7.39. The molecule has 352 valence electrons. The highest BCUT2D eigenvalue weighted by Gasteiger charge is 2.34. The molecule has 0 aromatic carbocycles. The van der Waals surface area contributed by atoms with Crippen LogP contribution in [0.25, 0.3) is 0 Å². The Morgan fingerprint density at radius 2 is 0.627 bits per heavy atom. The summed E-state index contributed by atoms with van der Waals surface area (Å²) < 4.78 is 37.1. The largest absolute Gasteiger partial charge is 0.462 e. The standard InChI is InChI=1S/C49H100N2O8/c1-9-13-15-17-19-21-23-25-27-29-31-33-37-54-43-49(45-56-39-35-50(5,6)41-47(52)58-11-3,46-57-40-36-51(7,8)42-48(53)59-12-4)44-55-38-34-32-30-28-26-24-22-20-18-16-14-10-2/h9-46H2,1-8H3/q+2. The van der Waals surface area contributed by atoms with E-state index in [0.717, 1.165) is 12.8 Å². The Hall–Kier alpha value is -1.30. The Morgan fingerprint density at radius 3 is 0.898 bits per heavy atom. The average Bonchev–Trinajstić information content (AvgIpc) is 3.18. The van der Waals surface area contributed by atoms with E-state index in [-0.39, 0.29) is 11.9 Å². The first-order valence-electron chi connectivity index (χ1n) is 24.7. The van der Waals surface area contributed by atoms with Crippen molar-refractivity contribution in [1.82, 2.24) is 0 Å². The molecular weight excluding hydrogens is 745 g/mol. The van der Waals surface area contributed by atoms with Crippen molar-refractivity contribution in [2.75, 3.05) is 120 Å². The van der Waals surface area contributed by atoms with Gasteiger partial charge in [0.05, 0.1) is 86.5 Å². The van der Waals surface area contributed by atoms with Crippen LogP contribution in [0.15, 0.2) is 0 Å². The first-order chi connectivity index (χ1) is 28.4. The second-order valence-electron chi connectivity index (χ2n) is 18.7. The smallest absolute Gasteiger partial charge is 0.361 e. The van der Waals surface area contributed by atoms with E-state index in [4.69, 9.17) is 28.4 Å². The third-order valence-corrected chi connectivity index (χ3v) is 11.3. The minimum absolute atomic E-state index is 0.193. The number of likely N-dealkylation sites (N-methyl/N-ethyl adjacent to an activating group) is 2. The molecule has 0 saturated carbocycles. The predicted molar refractivity (Wildman–Crippen MR) is 245 cm³/mol. The molecule has 0 unspecified atom stereocenters. The molecule has 0 radical (unpaired) electrons. The highest BCUT2D eigenvalue weighted by Crippen LogP contribution is 2.23. The normalized spacial score (nSPS) is 12.3. The van der Waals surface area contributed by atoms with Crippen LogP contribution in [0.1, 0.15) is 182 Å². The van der Waals surface area contributed by atoms with E-state index < -0.39 is 5.41 Å². The molecule has 0 fully saturated rings. The van der Waals surface area contributed by atoms with Crippen molar-refractivity contribution in [1.29, 1.82) is 0 Å². The van der Waals surface area contributed by atoms with Crippen LogP contribution in [-0.2, 0) is 38.0 Å². The van der Waals surface area contributed by atoms with Gasteiger partial charge < -0.3 is 37.4 Å². The molecule has 0 N–H and O–H groups in total. The summed E-state index contributed by atoms with van der Waals surface area (Å²) in [6.45, 7) is 15.2. The van der Waals surface area contributed by atoms with Crippen LogP contribution < -0.4 is 0 Å². The van der Waals surface area contributed by atoms with Crippen LogP contribution in [0.4, 0.5) is 0 Å². The zero-order valence-electron chi connectivity index (χ0n) is 40.5. The maximum atomic E-state index is 12.2. The number of nitrogens with zero attached hydrogens (tertiary/aromatic N) is 2. The number of esters is 2. The Kier molecular flexibility index (Phi) is 38.7. The molecule has 59 heavy (non-hydrogen) atoms. The Balaban J connectivity index is 5.29. The van der Waals surface area contributed by atoms with Gasteiger partial charge in [-0.2, -0.15) is 0 Å². The zero-order valence-corrected chi connectivity index (χ0v) is 40.5. The van der Waals surface area contributed by atoms with E-state index in [2.05, 4.69) is 13.8 Å². The number of carbonyl (C=O) groups is 2. The Bertz CT molecular complexity index is 873. The van der Waals surface area contributed by atoms with Gasteiger partial charge in [-0.25, -0.2) is 9.59 Å². The fourth-order valence-electron chi connectivity index (χ4n) is 7.39. The lowest BCUT2D eigenvalue weighted by atomic mass is 9.92. The van der Waals surface area contributed by atoms with Gasteiger partial charge in [0.1, 0.15) is 13.1 Å². The van der Waals surface area contributed by atoms with Gasteiger partial charge in [-0.3, -0.25) is 0 Å². The minimum Gasteiger partial charge on any atom is -0.462 e. The van der Waals surface area contributed by atoms with E-state index in [1.54, 1.807) is 0 Å². The first-order valence-corrected chi connectivity index (χ1v) is 24.7. The van der Waals surface area contributed by atoms with Crippen LogP contribution in [0, 0.1) is 5.41 Å². The lowest BCUT2D eigenvalue weighted by Crippen LogP contribution is -2.48. The molecule has 0 aromatic rings. The fraction of sp³-hybridized carbons (Fsp3) is 0.959. The van der Waals surface area contributed by atoms with Gasteiger partial charge in [-0.05, 0) is 26.7 Å². The molecule has 0 aromatic heterocycles. The molecule has 0 aliphatic heterocycles. The van der Waals surface area contributed by atoms with E-state index in [1.165, 1.54) is 141 Å². The highest BCUT2D eigenvalue weighted by molar-refractivity contribution is 5.70. The van der Waals surface area contributed by atoms with Gasteiger partial charge >= 0.3 is 11.9 Å². The minimum atomic E-state index is -0.481. The van der Waals surface area contributed by atoms with Crippen LogP contribution in [0.5, 0.6) is 0 Å². The second kappa shape index (κ2) is 39.5. The van der Waals surface area contributed by atoms with Gasteiger partial charge in [-0.15, -0.1) is 0 Å². The van der Waals surface area contributed by atoms with Crippen molar-refractivity contribution in [3.63, 3.8) is 0 Å². The lowest BCUT2D eigenvalue weighted by molar-refractivity contribution is -0.883. The molecule has 0 rings (SSSR count). The molecule has 10 nitrogen and oxygen atoms in total. The SMILES string of the molecule is CCCCCCCCCCCCCCOCC(COCCCCCCCCCCCCCC)(COCC[N+](C)(C)CC(=O)OCC)COCC[N+](C)(C)CC(=O)OCC. The molecule has 0 heterocycles. The lowest BCUT2D eigenvalue weighted by Gasteiger charge is -2.35. The summed E-state index contributed by atoms with van der Waals surface area (Å²) >= 11 is 0. The monoisotopic (exact) mass is 845 g/mol. The van der Waals surface area contributed by atoms with Gasteiger partial charge in [-0.1, -0.05) is 155 Å². The second-order valence-corrected chi connectivity index (χ2v) is 18.7. The third-order valence-electron chi connectivity index (χ3n) is 11.3. The van der Waals surface area contributed by atoms with Crippen LogP contribution in [-0.4, -0.2) is 141 Å². The number of hydrogen-bond acceptors (Lipinski definition) is 8. The van der Waals surface area contributed by atoms with E-state index in [9.17, 15) is 9.59 Å². The maximum Gasteiger partial charge on any atom is 0.361 e. The quantitative estimate of drug-likeness (QED) is 0.0340. The van der Waals surface area contributed by atoms with E-state index in [0.29, 0.717) is 101 Å². The van der Waals surface area contributed by atoms with Crippen LogP contribution in [0.2, 0.25) is 0 Å². The zero-order chi connectivity index (χ0) is 43.8. The molecule has 10 heteroatoms. The number of unbranched alkanes of at least 4 members (excludes halogenated alkanes) is 22. The van der Waals surface area contributed by atoms with Crippen molar-refractivity contribution < 1.29 is 47.0 Å². The molecule has 0 bridgehead atoms. The Labute approximate surface area is 365 Å². The summed E-state index contributed by atoms with van der Waals surface area (Å²) in [4.78, 5) is 24.5. The molecule has 0 saturated heterocycles. The van der Waals surface area contributed by atoms with Crippen molar-refractivity contribution >= 4 is 11.9 Å². The summed E-state index contributed by atoms with van der Waals surface area (Å²) in [7, 11) is 8.12. The summed E-state index contributed by atoms with van der Waals surface area (Å²) in [6, 6.07) is 0. The van der Waals surface area contributed by atoms with Crippen molar-refractivity contribution in [2.24, 2.45) is 5.41 Å². The molecule has 0 aliphatic carbocycles. The molecule has 0 atom stereocenters. The average molecular weight is 845 g/mol. The topological polar surface area (TPSA) is 89.5 Å². The molecule has 0 spiro atoms. The Morgan fingerprint density at radius 1 is 0.373 bits per heavy atom. The molecule has 0 amide bonds. The van der Waals surface area contributed by atoms with E-state index >= 15 is 0 Å². The van der Waals surface area contributed by atoms with Crippen LogP contribution >= 0.6 is 0 Å². The highest BCUT2D eigenvalue weighted by atomic mass is 16.5. The molecular formula is C49H100N2O8+2. The molecule has 0 aliphatic rings. The number of hydrogen-bond donors (Lipinski definition) is 0. The number of carbonyl (C=O) groups excluding carboxylic acids is 2.